The lowest BCUT2D eigenvalue weighted by Gasteiger charge is -2.17. The molecule has 5 nitrogen and oxygen atoms in total. The van der Waals surface area contributed by atoms with E-state index in [1.165, 1.54) is 4.31 Å². The molecule has 2 aromatic carbocycles. The van der Waals surface area contributed by atoms with Gasteiger partial charge in [0.1, 0.15) is 6.07 Å². The minimum Gasteiger partial charge on any atom is -0.353 e. The van der Waals surface area contributed by atoms with Crippen LogP contribution in [0.5, 0.6) is 0 Å². The highest BCUT2D eigenvalue weighted by Gasteiger charge is 2.28. The number of benzene rings is 2. The van der Waals surface area contributed by atoms with Gasteiger partial charge in [-0.05, 0) is 42.7 Å². The predicted octanol–water partition coefficient (Wildman–Crippen LogP) is 3.55. The smallest absolute Gasteiger partial charge is 0.235 e. The topological polar surface area (TPSA) is 77.0 Å². The fraction of sp³-hybridized carbons (Fsp3) is 0.211. The van der Waals surface area contributed by atoms with Crippen molar-refractivity contribution in [3.05, 3.63) is 53.6 Å². The molecule has 0 radical (unpaired) electrons. The van der Waals surface area contributed by atoms with Crippen molar-refractivity contribution in [3.8, 4) is 17.3 Å². The quantitative estimate of drug-likeness (QED) is 0.767. The number of aromatic nitrogens is 1. The molecule has 0 spiro atoms. The number of hydrogen-bond donors (Lipinski definition) is 1. The summed E-state index contributed by atoms with van der Waals surface area (Å²) in [6, 6.07) is 15.6. The Morgan fingerprint density at radius 3 is 2.56 bits per heavy atom. The summed E-state index contributed by atoms with van der Waals surface area (Å²) in [5, 5.41) is 10.5. The first-order valence-electron chi connectivity index (χ1n) is 8.13. The maximum atomic E-state index is 12.0. The Kier molecular flexibility index (Phi) is 3.55. The van der Waals surface area contributed by atoms with Crippen molar-refractivity contribution in [1.82, 2.24) is 4.98 Å². The van der Waals surface area contributed by atoms with Crippen molar-refractivity contribution in [2.75, 3.05) is 16.6 Å². The van der Waals surface area contributed by atoms with Gasteiger partial charge in [0, 0.05) is 17.4 Å². The maximum absolute atomic E-state index is 12.0. The second-order valence-corrected chi connectivity index (χ2v) is 8.34. The van der Waals surface area contributed by atoms with Crippen LogP contribution in [0, 0.1) is 18.3 Å². The van der Waals surface area contributed by atoms with Gasteiger partial charge in [-0.2, -0.15) is 5.26 Å². The number of fused-ring (bicyclic) bond motifs is 1. The summed E-state index contributed by atoms with van der Waals surface area (Å²) in [6.45, 7) is 2.54. The molecule has 1 aromatic heterocycles. The van der Waals surface area contributed by atoms with Crippen LogP contribution in [-0.4, -0.2) is 25.7 Å². The standard InChI is InChI=1S/C19H17N3O2S/c1-13-3-8-16-17(12-20)19(21-18(16)11-13)14-4-6-15(7-5-14)22-9-2-10-25(22,23)24/h3-8,11,21H,2,9-10H2,1H3. The van der Waals surface area contributed by atoms with Gasteiger partial charge in [0.2, 0.25) is 10.0 Å². The van der Waals surface area contributed by atoms with E-state index in [1.807, 2.05) is 37.3 Å². The molecule has 0 saturated carbocycles. The molecule has 126 valence electrons. The Morgan fingerprint density at radius 2 is 1.92 bits per heavy atom. The molecule has 6 heteroatoms. The summed E-state index contributed by atoms with van der Waals surface area (Å²) in [5.74, 6) is 0.203. The Labute approximate surface area is 146 Å². The predicted molar refractivity (Wildman–Crippen MR) is 98.9 cm³/mol. The summed E-state index contributed by atoms with van der Waals surface area (Å²) in [4.78, 5) is 3.32. The fourth-order valence-electron chi connectivity index (χ4n) is 3.37. The number of sulfonamides is 1. The molecule has 0 bridgehead atoms. The molecular formula is C19H17N3O2S. The lowest BCUT2D eigenvalue weighted by Crippen LogP contribution is -2.24. The zero-order valence-corrected chi connectivity index (χ0v) is 14.6. The molecule has 1 saturated heterocycles. The van der Waals surface area contributed by atoms with Gasteiger partial charge in [0.05, 0.1) is 22.7 Å². The average molecular weight is 351 g/mol. The van der Waals surface area contributed by atoms with Gasteiger partial charge in [-0.3, -0.25) is 4.31 Å². The van der Waals surface area contributed by atoms with Gasteiger partial charge in [0.25, 0.3) is 0 Å². The number of anilines is 1. The lowest BCUT2D eigenvalue weighted by atomic mass is 10.1. The first-order valence-corrected chi connectivity index (χ1v) is 9.74. The molecule has 2 heterocycles. The zero-order valence-electron chi connectivity index (χ0n) is 13.8. The van der Waals surface area contributed by atoms with Gasteiger partial charge in [-0.25, -0.2) is 8.42 Å². The Balaban J connectivity index is 1.78. The highest BCUT2D eigenvalue weighted by Crippen LogP contribution is 2.32. The van der Waals surface area contributed by atoms with Crippen molar-refractivity contribution in [1.29, 1.82) is 5.26 Å². The molecule has 1 N–H and O–H groups in total. The van der Waals surface area contributed by atoms with Crippen molar-refractivity contribution in [2.24, 2.45) is 0 Å². The van der Waals surface area contributed by atoms with Gasteiger partial charge < -0.3 is 4.98 Å². The molecule has 1 fully saturated rings. The van der Waals surface area contributed by atoms with Crippen molar-refractivity contribution in [3.63, 3.8) is 0 Å². The van der Waals surface area contributed by atoms with Crippen LogP contribution in [0.25, 0.3) is 22.2 Å². The van der Waals surface area contributed by atoms with Crippen molar-refractivity contribution in [2.45, 2.75) is 13.3 Å². The fourth-order valence-corrected chi connectivity index (χ4v) is 4.93. The SMILES string of the molecule is Cc1ccc2c(C#N)c(-c3ccc(N4CCCS4(=O)=O)cc3)[nH]c2c1. The molecule has 0 aliphatic carbocycles. The van der Waals surface area contributed by atoms with E-state index < -0.39 is 10.0 Å². The van der Waals surface area contributed by atoms with Crippen LogP contribution in [0.1, 0.15) is 17.5 Å². The number of hydrogen-bond acceptors (Lipinski definition) is 3. The molecule has 4 rings (SSSR count). The summed E-state index contributed by atoms with van der Waals surface area (Å²) in [5.41, 5.74) is 4.96. The number of nitrogens with zero attached hydrogens (tertiary/aromatic N) is 2. The van der Waals surface area contributed by atoms with E-state index in [0.29, 0.717) is 24.2 Å². The van der Waals surface area contributed by atoms with Crippen LogP contribution >= 0.6 is 0 Å². The van der Waals surface area contributed by atoms with Crippen molar-refractivity contribution >= 4 is 26.6 Å². The minimum absolute atomic E-state index is 0.203. The second-order valence-electron chi connectivity index (χ2n) is 6.32. The number of aryl methyl sites for hydroxylation is 1. The van der Waals surface area contributed by atoms with E-state index in [2.05, 4.69) is 11.1 Å². The van der Waals surface area contributed by atoms with Crippen LogP contribution in [0.2, 0.25) is 0 Å². The number of aromatic amines is 1. The third kappa shape index (κ3) is 2.57. The molecule has 3 aromatic rings. The number of nitrogens with one attached hydrogen (secondary N) is 1. The summed E-state index contributed by atoms with van der Waals surface area (Å²) >= 11 is 0. The van der Waals surface area contributed by atoms with Crippen LogP contribution < -0.4 is 4.31 Å². The first-order chi connectivity index (χ1) is 12.0. The van der Waals surface area contributed by atoms with Crippen molar-refractivity contribution < 1.29 is 8.42 Å². The largest absolute Gasteiger partial charge is 0.353 e. The molecule has 0 unspecified atom stereocenters. The maximum Gasteiger partial charge on any atom is 0.235 e. The van der Waals surface area contributed by atoms with Crippen LogP contribution in [0.15, 0.2) is 42.5 Å². The van der Waals surface area contributed by atoms with E-state index in [4.69, 9.17) is 0 Å². The number of H-pyrrole nitrogens is 1. The molecule has 1 aliphatic heterocycles. The van der Waals surface area contributed by atoms with Gasteiger partial charge in [-0.15, -0.1) is 0 Å². The van der Waals surface area contributed by atoms with E-state index >= 15 is 0 Å². The van der Waals surface area contributed by atoms with Crippen LogP contribution in [0.4, 0.5) is 5.69 Å². The normalized spacial score (nSPS) is 16.2. The third-order valence-electron chi connectivity index (χ3n) is 4.61. The first kappa shape index (κ1) is 15.7. The van der Waals surface area contributed by atoms with Gasteiger partial charge in [-0.1, -0.05) is 24.3 Å². The van der Waals surface area contributed by atoms with Crippen LogP contribution in [-0.2, 0) is 10.0 Å². The summed E-state index contributed by atoms with van der Waals surface area (Å²) in [6.07, 6.45) is 0.657. The van der Waals surface area contributed by atoms with E-state index in [-0.39, 0.29) is 5.75 Å². The third-order valence-corrected chi connectivity index (χ3v) is 6.48. The number of rotatable bonds is 2. The van der Waals surface area contributed by atoms with Gasteiger partial charge >= 0.3 is 0 Å². The zero-order chi connectivity index (χ0) is 17.6. The summed E-state index contributed by atoms with van der Waals surface area (Å²) in [7, 11) is -3.18. The van der Waals surface area contributed by atoms with Gasteiger partial charge in [0.15, 0.2) is 0 Å². The molecule has 0 amide bonds. The molecule has 1 aliphatic rings. The number of nitriles is 1. The Hall–Kier alpha value is -2.78. The molecule has 25 heavy (non-hydrogen) atoms. The monoisotopic (exact) mass is 351 g/mol. The van der Waals surface area contributed by atoms with Crippen LogP contribution in [0.3, 0.4) is 0 Å². The Bertz CT molecular complexity index is 1110. The highest BCUT2D eigenvalue weighted by atomic mass is 32.2. The lowest BCUT2D eigenvalue weighted by molar-refractivity contribution is 0.599. The molecule has 0 atom stereocenters. The average Bonchev–Trinajstić information content (AvgIpc) is 3.13. The highest BCUT2D eigenvalue weighted by molar-refractivity contribution is 7.93. The minimum atomic E-state index is -3.18. The summed E-state index contributed by atoms with van der Waals surface area (Å²) < 4.78 is 25.5. The Morgan fingerprint density at radius 1 is 1.16 bits per heavy atom. The van der Waals surface area contributed by atoms with E-state index in [9.17, 15) is 13.7 Å². The van der Waals surface area contributed by atoms with E-state index in [0.717, 1.165) is 27.7 Å². The van der Waals surface area contributed by atoms with E-state index in [1.54, 1.807) is 12.1 Å². The second kappa shape index (κ2) is 5.64. The molecular weight excluding hydrogens is 334 g/mol.